The largest absolute Gasteiger partial charge is 0.381 e. The van der Waals surface area contributed by atoms with E-state index in [1.165, 1.54) is 18.1 Å². The van der Waals surface area contributed by atoms with Gasteiger partial charge in [-0.05, 0) is 32.9 Å². The van der Waals surface area contributed by atoms with Gasteiger partial charge in [0.2, 0.25) is 0 Å². The van der Waals surface area contributed by atoms with Gasteiger partial charge in [-0.25, -0.2) is 0 Å². The van der Waals surface area contributed by atoms with Crippen molar-refractivity contribution < 1.29 is 4.74 Å². The van der Waals surface area contributed by atoms with E-state index < -0.39 is 0 Å². The van der Waals surface area contributed by atoms with Crippen molar-refractivity contribution in [3.05, 3.63) is 0 Å². The highest BCUT2D eigenvalue weighted by atomic mass is 32.2. The van der Waals surface area contributed by atoms with Crippen molar-refractivity contribution in [3.63, 3.8) is 0 Å². The molecular formula is C12H21N3OS. The summed E-state index contributed by atoms with van der Waals surface area (Å²) in [5.41, 5.74) is 0.284. The van der Waals surface area contributed by atoms with Crippen LogP contribution in [0, 0.1) is 0 Å². The third kappa shape index (κ3) is 2.61. The van der Waals surface area contributed by atoms with Crippen LogP contribution in [0.4, 0.5) is 0 Å². The van der Waals surface area contributed by atoms with Gasteiger partial charge in [0.25, 0.3) is 0 Å². The molecule has 1 spiro atoms. The van der Waals surface area contributed by atoms with Crippen LogP contribution in [-0.2, 0) is 4.74 Å². The van der Waals surface area contributed by atoms with Crippen molar-refractivity contribution in [2.24, 2.45) is 4.99 Å². The molecule has 0 aliphatic carbocycles. The second-order valence-electron chi connectivity index (χ2n) is 5.45. The van der Waals surface area contributed by atoms with E-state index in [2.05, 4.69) is 17.3 Å². The zero-order valence-electron chi connectivity index (χ0n) is 10.4. The lowest BCUT2D eigenvalue weighted by atomic mass is 9.93. The fourth-order valence-corrected chi connectivity index (χ4v) is 4.08. The maximum absolute atomic E-state index is 5.44. The van der Waals surface area contributed by atoms with Gasteiger partial charge >= 0.3 is 0 Å². The molecular weight excluding hydrogens is 234 g/mol. The summed E-state index contributed by atoms with van der Waals surface area (Å²) in [6.07, 6.45) is 3.46. The van der Waals surface area contributed by atoms with Gasteiger partial charge in [0, 0.05) is 25.5 Å². The van der Waals surface area contributed by atoms with Crippen LogP contribution in [0.15, 0.2) is 4.99 Å². The molecule has 17 heavy (non-hydrogen) atoms. The molecule has 0 aromatic heterocycles. The van der Waals surface area contributed by atoms with Crippen molar-refractivity contribution in [3.8, 4) is 0 Å². The summed E-state index contributed by atoms with van der Waals surface area (Å²) in [5, 5.41) is 4.84. The Hall–Kier alpha value is -0.260. The van der Waals surface area contributed by atoms with Crippen LogP contribution >= 0.6 is 11.8 Å². The molecule has 0 saturated carbocycles. The molecule has 0 aromatic rings. The molecule has 3 rings (SSSR count). The molecule has 1 N–H and O–H groups in total. The molecule has 3 saturated heterocycles. The Morgan fingerprint density at radius 1 is 1.47 bits per heavy atom. The van der Waals surface area contributed by atoms with Crippen LogP contribution in [0.25, 0.3) is 0 Å². The van der Waals surface area contributed by atoms with Crippen molar-refractivity contribution in [2.75, 3.05) is 39.1 Å². The monoisotopic (exact) mass is 255 g/mol. The molecule has 0 amide bonds. The number of aliphatic imine (C=N–C) groups is 1. The van der Waals surface area contributed by atoms with E-state index in [0.717, 1.165) is 38.4 Å². The summed E-state index contributed by atoms with van der Waals surface area (Å²) < 4.78 is 5.44. The molecule has 3 aliphatic rings. The van der Waals surface area contributed by atoms with Crippen LogP contribution in [0.1, 0.15) is 19.3 Å². The zero-order valence-corrected chi connectivity index (χ0v) is 11.3. The predicted octanol–water partition coefficient (Wildman–Crippen LogP) is 0.932. The number of likely N-dealkylation sites (N-methyl/N-ethyl adjacent to an activating group) is 1. The Morgan fingerprint density at radius 3 is 3.00 bits per heavy atom. The average Bonchev–Trinajstić information content (AvgIpc) is 2.89. The average molecular weight is 255 g/mol. The number of nitrogens with zero attached hydrogens (tertiary/aromatic N) is 2. The minimum Gasteiger partial charge on any atom is -0.381 e. The van der Waals surface area contributed by atoms with Crippen LogP contribution in [0.3, 0.4) is 0 Å². The van der Waals surface area contributed by atoms with E-state index in [9.17, 15) is 0 Å². The first-order valence-corrected chi connectivity index (χ1v) is 7.49. The number of nitrogens with one attached hydrogen (secondary N) is 1. The van der Waals surface area contributed by atoms with Crippen molar-refractivity contribution >= 4 is 16.9 Å². The zero-order chi connectivity index (χ0) is 11.7. The Morgan fingerprint density at radius 2 is 2.29 bits per heavy atom. The van der Waals surface area contributed by atoms with Gasteiger partial charge in [-0.1, -0.05) is 11.8 Å². The number of thioether (sulfide) groups is 1. The summed E-state index contributed by atoms with van der Waals surface area (Å²) in [7, 11) is 2.18. The SMILES string of the molecule is CN1CCC(N=C2NC3(CCOCC3)CS2)C1. The van der Waals surface area contributed by atoms with Gasteiger partial charge < -0.3 is 15.0 Å². The molecule has 3 aliphatic heterocycles. The molecule has 0 aromatic carbocycles. The first-order chi connectivity index (χ1) is 8.26. The topological polar surface area (TPSA) is 36.9 Å². The summed E-state index contributed by atoms with van der Waals surface area (Å²) in [5.74, 6) is 1.16. The molecule has 0 radical (unpaired) electrons. The second-order valence-corrected chi connectivity index (χ2v) is 6.41. The highest BCUT2D eigenvalue weighted by molar-refractivity contribution is 8.14. The molecule has 1 unspecified atom stereocenters. The Bertz CT molecular complexity index is 315. The molecule has 96 valence electrons. The maximum Gasteiger partial charge on any atom is 0.157 e. The van der Waals surface area contributed by atoms with E-state index in [0.29, 0.717) is 6.04 Å². The van der Waals surface area contributed by atoms with Crippen molar-refractivity contribution in [2.45, 2.75) is 30.8 Å². The third-order valence-electron chi connectivity index (χ3n) is 3.97. The number of likely N-dealkylation sites (tertiary alicyclic amines) is 1. The fourth-order valence-electron chi connectivity index (χ4n) is 2.79. The van der Waals surface area contributed by atoms with Gasteiger partial charge in [0.1, 0.15) is 0 Å². The smallest absolute Gasteiger partial charge is 0.157 e. The molecule has 0 bridgehead atoms. The molecule has 3 fully saturated rings. The second kappa shape index (κ2) is 4.78. The lowest BCUT2D eigenvalue weighted by Crippen LogP contribution is -2.48. The normalized spacial score (nSPS) is 35.6. The third-order valence-corrected chi connectivity index (χ3v) is 5.15. The summed E-state index contributed by atoms with van der Waals surface area (Å²) in [6.45, 7) is 4.09. The summed E-state index contributed by atoms with van der Waals surface area (Å²) >= 11 is 1.90. The minimum atomic E-state index is 0.284. The molecule has 4 nitrogen and oxygen atoms in total. The Balaban J connectivity index is 1.61. The maximum atomic E-state index is 5.44. The van der Waals surface area contributed by atoms with E-state index in [1.807, 2.05) is 11.8 Å². The van der Waals surface area contributed by atoms with Crippen molar-refractivity contribution in [1.29, 1.82) is 0 Å². The first kappa shape index (κ1) is 11.8. The first-order valence-electron chi connectivity index (χ1n) is 6.51. The van der Waals surface area contributed by atoms with Gasteiger partial charge in [0.15, 0.2) is 5.17 Å². The van der Waals surface area contributed by atoms with Gasteiger partial charge in [-0.3, -0.25) is 4.99 Å². The lowest BCUT2D eigenvalue weighted by Gasteiger charge is -2.32. The lowest BCUT2D eigenvalue weighted by molar-refractivity contribution is 0.0555. The predicted molar refractivity (Wildman–Crippen MR) is 71.7 cm³/mol. The van der Waals surface area contributed by atoms with E-state index in [1.54, 1.807) is 0 Å². The number of hydrogen-bond acceptors (Lipinski definition) is 4. The van der Waals surface area contributed by atoms with Gasteiger partial charge in [-0.2, -0.15) is 0 Å². The van der Waals surface area contributed by atoms with E-state index in [-0.39, 0.29) is 5.54 Å². The van der Waals surface area contributed by atoms with Crippen LogP contribution in [-0.4, -0.2) is 60.8 Å². The van der Waals surface area contributed by atoms with Gasteiger partial charge in [0.05, 0.1) is 11.6 Å². The van der Waals surface area contributed by atoms with E-state index >= 15 is 0 Å². The van der Waals surface area contributed by atoms with Crippen LogP contribution < -0.4 is 5.32 Å². The van der Waals surface area contributed by atoms with Gasteiger partial charge in [-0.15, -0.1) is 0 Å². The minimum absolute atomic E-state index is 0.284. The highest BCUT2D eigenvalue weighted by Gasteiger charge is 2.39. The van der Waals surface area contributed by atoms with Crippen LogP contribution in [0.5, 0.6) is 0 Å². The standard InChI is InChI=1S/C12H21N3OS/c1-15-5-2-10(8-15)13-11-14-12(9-17-11)3-6-16-7-4-12/h10H,2-9H2,1H3,(H,13,14). The number of rotatable bonds is 1. The number of hydrogen-bond donors (Lipinski definition) is 1. The summed E-state index contributed by atoms with van der Waals surface area (Å²) in [6, 6.07) is 0.505. The number of amidine groups is 1. The summed E-state index contributed by atoms with van der Waals surface area (Å²) in [4.78, 5) is 7.22. The highest BCUT2D eigenvalue weighted by Crippen LogP contribution is 2.32. The fraction of sp³-hybridized carbons (Fsp3) is 0.917. The van der Waals surface area contributed by atoms with E-state index in [4.69, 9.17) is 9.73 Å². The Labute approximate surface area is 107 Å². The molecule has 5 heteroatoms. The molecule has 1 atom stereocenters. The Kier molecular flexibility index (Phi) is 3.32. The quantitative estimate of drug-likeness (QED) is 0.756. The number of ether oxygens (including phenoxy) is 1. The molecule has 3 heterocycles. The van der Waals surface area contributed by atoms with Crippen LogP contribution in [0.2, 0.25) is 0 Å². The van der Waals surface area contributed by atoms with Crippen molar-refractivity contribution in [1.82, 2.24) is 10.2 Å².